The van der Waals surface area contributed by atoms with Crippen LogP contribution in [0.5, 0.6) is 5.75 Å². The van der Waals surface area contributed by atoms with Crippen LogP contribution in [-0.4, -0.2) is 25.1 Å². The maximum Gasteiger partial charge on any atom is 0.344 e. The van der Waals surface area contributed by atoms with Gasteiger partial charge >= 0.3 is 5.97 Å². The monoisotopic (exact) mass is 333 g/mol. The summed E-state index contributed by atoms with van der Waals surface area (Å²) < 4.78 is 10.1. The molecule has 6 heteroatoms. The van der Waals surface area contributed by atoms with Crippen molar-refractivity contribution in [2.75, 3.05) is 18.5 Å². The van der Waals surface area contributed by atoms with Gasteiger partial charge in [0, 0.05) is 5.69 Å². The Kier molecular flexibility index (Phi) is 6.00. The fourth-order valence-electron chi connectivity index (χ4n) is 1.81. The number of ether oxygens (including phenoxy) is 2. The molecule has 120 valence electrons. The summed E-state index contributed by atoms with van der Waals surface area (Å²) in [4.78, 5) is 23.3. The number of para-hydroxylation sites is 1. The zero-order chi connectivity index (χ0) is 16.7. The third kappa shape index (κ3) is 5.64. The molecule has 0 bridgehead atoms. The summed E-state index contributed by atoms with van der Waals surface area (Å²) in [5.41, 5.74) is 1.67. The summed E-state index contributed by atoms with van der Waals surface area (Å²) in [5.74, 6) is -0.679. The molecule has 2 rings (SSSR count). The second kappa shape index (κ2) is 8.19. The van der Waals surface area contributed by atoms with Gasteiger partial charge in [0.1, 0.15) is 5.75 Å². The van der Waals surface area contributed by atoms with Crippen molar-refractivity contribution in [3.8, 4) is 5.75 Å². The Labute approximate surface area is 139 Å². The van der Waals surface area contributed by atoms with Crippen LogP contribution in [0.1, 0.15) is 5.56 Å². The fourth-order valence-corrected chi connectivity index (χ4v) is 2.00. The number of rotatable bonds is 6. The first-order valence-electron chi connectivity index (χ1n) is 6.94. The van der Waals surface area contributed by atoms with Gasteiger partial charge in [-0.25, -0.2) is 4.79 Å². The number of halogens is 1. The Morgan fingerprint density at radius 1 is 1.09 bits per heavy atom. The van der Waals surface area contributed by atoms with Crippen LogP contribution >= 0.6 is 11.6 Å². The molecule has 0 atom stereocenters. The van der Waals surface area contributed by atoms with Crippen molar-refractivity contribution in [3.63, 3.8) is 0 Å². The molecule has 0 saturated heterocycles. The molecule has 0 aliphatic carbocycles. The highest BCUT2D eigenvalue weighted by molar-refractivity contribution is 6.32. The van der Waals surface area contributed by atoms with Crippen molar-refractivity contribution >= 4 is 29.2 Å². The Balaban J connectivity index is 1.74. The van der Waals surface area contributed by atoms with E-state index in [9.17, 15) is 9.59 Å². The van der Waals surface area contributed by atoms with Crippen LogP contribution in [0.4, 0.5) is 5.69 Å². The topological polar surface area (TPSA) is 64.6 Å². The molecule has 0 heterocycles. The van der Waals surface area contributed by atoms with Gasteiger partial charge in [-0.2, -0.15) is 0 Å². The lowest BCUT2D eigenvalue weighted by atomic mass is 10.2. The maximum atomic E-state index is 11.7. The number of amides is 1. The number of esters is 1. The average molecular weight is 334 g/mol. The van der Waals surface area contributed by atoms with Gasteiger partial charge in [-0.1, -0.05) is 35.9 Å². The van der Waals surface area contributed by atoms with Crippen molar-refractivity contribution in [3.05, 3.63) is 59.1 Å². The smallest absolute Gasteiger partial charge is 0.344 e. The zero-order valence-corrected chi connectivity index (χ0v) is 13.3. The zero-order valence-electron chi connectivity index (χ0n) is 12.5. The van der Waals surface area contributed by atoms with Crippen molar-refractivity contribution in [2.45, 2.75) is 6.92 Å². The van der Waals surface area contributed by atoms with Crippen LogP contribution in [0.15, 0.2) is 48.5 Å². The number of aryl methyl sites for hydroxylation is 1. The predicted octanol–water partition coefficient (Wildman–Crippen LogP) is 3.21. The van der Waals surface area contributed by atoms with Gasteiger partial charge in [0.15, 0.2) is 13.2 Å². The Bertz CT molecular complexity index is 702. The molecule has 1 amide bonds. The van der Waals surface area contributed by atoms with E-state index in [1.807, 2.05) is 25.1 Å². The first-order chi connectivity index (χ1) is 11.0. The summed E-state index contributed by atoms with van der Waals surface area (Å²) in [7, 11) is 0. The van der Waals surface area contributed by atoms with Crippen molar-refractivity contribution in [1.82, 2.24) is 0 Å². The first-order valence-corrected chi connectivity index (χ1v) is 7.32. The van der Waals surface area contributed by atoms with Crippen LogP contribution in [-0.2, 0) is 14.3 Å². The molecule has 2 aromatic carbocycles. The van der Waals surface area contributed by atoms with Gasteiger partial charge in [-0.15, -0.1) is 0 Å². The molecule has 0 aromatic heterocycles. The van der Waals surface area contributed by atoms with E-state index >= 15 is 0 Å². The third-order valence-electron chi connectivity index (χ3n) is 2.85. The molecule has 0 radical (unpaired) electrons. The first kappa shape index (κ1) is 16.8. The van der Waals surface area contributed by atoms with Gasteiger partial charge in [0.2, 0.25) is 0 Å². The van der Waals surface area contributed by atoms with Crippen LogP contribution in [0.2, 0.25) is 5.02 Å². The van der Waals surface area contributed by atoms with E-state index < -0.39 is 11.9 Å². The predicted molar refractivity (Wildman–Crippen MR) is 87.7 cm³/mol. The number of anilines is 1. The normalized spacial score (nSPS) is 10.0. The second-order valence-corrected chi connectivity index (χ2v) is 5.20. The van der Waals surface area contributed by atoms with Gasteiger partial charge in [-0.05, 0) is 36.8 Å². The summed E-state index contributed by atoms with van der Waals surface area (Å²) in [5, 5.41) is 3.04. The molecule has 1 N–H and O–H groups in total. The minimum atomic E-state index is -0.649. The second-order valence-electron chi connectivity index (χ2n) is 4.80. The van der Waals surface area contributed by atoms with Crippen molar-refractivity contribution < 1.29 is 19.1 Å². The standard InChI is InChI=1S/C17H16ClNO4/c1-12-5-4-6-13(9-12)19-16(20)10-23-17(21)11-22-15-8-3-2-7-14(15)18/h2-9H,10-11H2,1H3,(H,19,20). The summed E-state index contributed by atoms with van der Waals surface area (Å²) in [6.45, 7) is 1.22. The lowest BCUT2D eigenvalue weighted by Gasteiger charge is -2.09. The van der Waals surface area contributed by atoms with Crippen molar-refractivity contribution in [2.24, 2.45) is 0 Å². The fraction of sp³-hybridized carbons (Fsp3) is 0.176. The van der Waals surface area contributed by atoms with E-state index in [4.69, 9.17) is 21.1 Å². The molecule has 2 aromatic rings. The minimum Gasteiger partial charge on any atom is -0.480 e. The molecular weight excluding hydrogens is 318 g/mol. The molecule has 23 heavy (non-hydrogen) atoms. The number of hydrogen-bond donors (Lipinski definition) is 1. The molecule has 0 saturated carbocycles. The van der Waals surface area contributed by atoms with Gasteiger partial charge in [-0.3, -0.25) is 4.79 Å². The lowest BCUT2D eigenvalue weighted by molar-refractivity contribution is -0.149. The van der Waals surface area contributed by atoms with E-state index in [1.54, 1.807) is 30.3 Å². The number of carbonyl (C=O) groups is 2. The van der Waals surface area contributed by atoms with E-state index in [0.717, 1.165) is 5.56 Å². The van der Waals surface area contributed by atoms with E-state index in [1.165, 1.54) is 0 Å². The number of benzene rings is 2. The van der Waals surface area contributed by atoms with E-state index in [0.29, 0.717) is 16.5 Å². The molecule has 5 nitrogen and oxygen atoms in total. The molecular formula is C17H16ClNO4. The third-order valence-corrected chi connectivity index (χ3v) is 3.16. The van der Waals surface area contributed by atoms with Gasteiger partial charge in [0.25, 0.3) is 5.91 Å². The Morgan fingerprint density at radius 3 is 2.61 bits per heavy atom. The number of carbonyl (C=O) groups excluding carboxylic acids is 2. The molecule has 0 aliphatic heterocycles. The molecule has 0 aliphatic rings. The average Bonchev–Trinajstić information content (AvgIpc) is 2.52. The summed E-state index contributed by atoms with van der Waals surface area (Å²) >= 11 is 5.90. The van der Waals surface area contributed by atoms with E-state index in [-0.39, 0.29) is 13.2 Å². The van der Waals surface area contributed by atoms with Crippen LogP contribution in [0.25, 0.3) is 0 Å². The molecule has 0 fully saturated rings. The quantitative estimate of drug-likeness (QED) is 0.824. The lowest BCUT2D eigenvalue weighted by Crippen LogP contribution is -2.23. The summed E-state index contributed by atoms with van der Waals surface area (Å²) in [6.07, 6.45) is 0. The highest BCUT2D eigenvalue weighted by Crippen LogP contribution is 2.22. The van der Waals surface area contributed by atoms with Gasteiger partial charge < -0.3 is 14.8 Å². The largest absolute Gasteiger partial charge is 0.480 e. The minimum absolute atomic E-state index is 0.318. The summed E-state index contributed by atoms with van der Waals surface area (Å²) in [6, 6.07) is 14.1. The highest BCUT2D eigenvalue weighted by atomic mass is 35.5. The van der Waals surface area contributed by atoms with Crippen LogP contribution < -0.4 is 10.1 Å². The maximum absolute atomic E-state index is 11.7. The van der Waals surface area contributed by atoms with Crippen LogP contribution in [0, 0.1) is 6.92 Å². The Morgan fingerprint density at radius 2 is 1.87 bits per heavy atom. The number of hydrogen-bond acceptors (Lipinski definition) is 4. The number of nitrogens with one attached hydrogen (secondary N) is 1. The SMILES string of the molecule is Cc1cccc(NC(=O)COC(=O)COc2ccccc2Cl)c1. The van der Waals surface area contributed by atoms with Gasteiger partial charge in [0.05, 0.1) is 5.02 Å². The highest BCUT2D eigenvalue weighted by Gasteiger charge is 2.10. The molecule has 0 unspecified atom stereocenters. The van der Waals surface area contributed by atoms with E-state index in [2.05, 4.69) is 5.32 Å². The Hall–Kier alpha value is -2.53. The van der Waals surface area contributed by atoms with Crippen molar-refractivity contribution in [1.29, 1.82) is 0 Å². The molecule has 0 spiro atoms. The van der Waals surface area contributed by atoms with Crippen LogP contribution in [0.3, 0.4) is 0 Å².